The zero-order chi connectivity index (χ0) is 22.8. The number of nitrogens with zero attached hydrogens (tertiary/aromatic N) is 2. The van der Waals surface area contributed by atoms with Gasteiger partial charge in [0.15, 0.2) is 0 Å². The summed E-state index contributed by atoms with van der Waals surface area (Å²) in [5.74, 6) is -0.529. The van der Waals surface area contributed by atoms with E-state index in [4.69, 9.17) is 62.7 Å². The predicted molar refractivity (Wildman–Crippen MR) is 132 cm³/mol. The van der Waals surface area contributed by atoms with Crippen molar-refractivity contribution in [2.24, 2.45) is 0 Å². The summed E-state index contributed by atoms with van der Waals surface area (Å²) in [6, 6.07) is 11.2. The van der Waals surface area contributed by atoms with Crippen LogP contribution >= 0.6 is 69.3 Å². The number of ether oxygens (including phenoxy) is 1. The predicted octanol–water partition coefficient (Wildman–Crippen LogP) is 8.48. The van der Waals surface area contributed by atoms with E-state index in [2.05, 4.69) is 4.98 Å². The third-order valence-corrected chi connectivity index (χ3v) is 7.86. The van der Waals surface area contributed by atoms with Crippen LogP contribution < -0.4 is 0 Å². The first-order valence-corrected chi connectivity index (χ1v) is 12.0. The van der Waals surface area contributed by atoms with E-state index in [1.54, 1.807) is 30.2 Å². The van der Waals surface area contributed by atoms with Crippen LogP contribution in [0.4, 0.5) is 0 Å². The van der Waals surface area contributed by atoms with Gasteiger partial charge in [0.25, 0.3) is 0 Å². The topological polar surface area (TPSA) is 44.1 Å². The first kappa shape index (κ1) is 23.4. The van der Waals surface area contributed by atoms with Crippen molar-refractivity contribution in [3.63, 3.8) is 0 Å². The standard InChI is InChI=1S/C22H13Cl5N2O2S/c23-16-15(17(24)19(26)20(27)18(16)25)13-6-9-32-21(13)22(30)31-14(10-29-8-7-28-11-29)12-4-2-1-3-5-12/h1-9,11,14H,10H2. The second-order valence-electron chi connectivity index (χ2n) is 6.67. The molecule has 0 saturated carbocycles. The van der Waals surface area contributed by atoms with E-state index < -0.39 is 12.1 Å². The Hall–Kier alpha value is -1.73. The second kappa shape index (κ2) is 10.0. The molecule has 164 valence electrons. The molecule has 32 heavy (non-hydrogen) atoms. The molecule has 4 rings (SSSR count). The molecule has 0 aliphatic rings. The minimum absolute atomic E-state index is 0.0518. The first-order valence-electron chi connectivity index (χ1n) is 9.19. The van der Waals surface area contributed by atoms with Gasteiger partial charge in [-0.3, -0.25) is 0 Å². The Bertz CT molecular complexity index is 1230. The maximum absolute atomic E-state index is 13.3. The van der Waals surface area contributed by atoms with Crippen molar-refractivity contribution in [3.05, 3.63) is 96.1 Å². The van der Waals surface area contributed by atoms with Crippen molar-refractivity contribution in [2.75, 3.05) is 0 Å². The number of thiophene rings is 1. The Morgan fingerprint density at radius 3 is 2.25 bits per heavy atom. The molecular weight excluding hydrogens is 534 g/mol. The van der Waals surface area contributed by atoms with E-state index in [-0.39, 0.29) is 25.1 Å². The molecule has 2 heterocycles. The van der Waals surface area contributed by atoms with Crippen LogP contribution in [0.5, 0.6) is 0 Å². The SMILES string of the molecule is O=C(OC(Cn1ccnc1)c1ccccc1)c1sccc1-c1c(Cl)c(Cl)c(Cl)c(Cl)c1Cl. The van der Waals surface area contributed by atoms with E-state index in [0.29, 0.717) is 22.5 Å². The summed E-state index contributed by atoms with van der Waals surface area (Å²) in [5.41, 5.74) is 1.64. The van der Waals surface area contributed by atoms with Gasteiger partial charge in [-0.1, -0.05) is 88.3 Å². The fourth-order valence-electron chi connectivity index (χ4n) is 3.15. The summed E-state index contributed by atoms with van der Waals surface area (Å²) in [7, 11) is 0. The molecule has 4 nitrogen and oxygen atoms in total. The van der Waals surface area contributed by atoms with E-state index in [1.807, 2.05) is 34.9 Å². The number of carbonyl (C=O) groups is 1. The number of rotatable bonds is 6. The fraction of sp³-hybridized carbons (Fsp3) is 0.0909. The number of halogens is 5. The molecule has 2 aromatic carbocycles. The quantitative estimate of drug-likeness (QED) is 0.138. The zero-order valence-corrected chi connectivity index (χ0v) is 20.7. The third kappa shape index (κ3) is 4.65. The van der Waals surface area contributed by atoms with Crippen molar-refractivity contribution in [1.29, 1.82) is 0 Å². The summed E-state index contributed by atoms with van der Waals surface area (Å²) < 4.78 is 7.77. The highest BCUT2D eigenvalue weighted by molar-refractivity contribution is 7.12. The highest BCUT2D eigenvalue weighted by atomic mass is 35.5. The van der Waals surface area contributed by atoms with Crippen molar-refractivity contribution in [3.8, 4) is 11.1 Å². The fourth-order valence-corrected chi connectivity index (χ4v) is 5.28. The molecule has 0 N–H and O–H groups in total. The number of imidazole rings is 1. The largest absolute Gasteiger partial charge is 0.451 e. The summed E-state index contributed by atoms with van der Waals surface area (Å²) in [5, 5.41) is 2.13. The average molecular weight is 547 g/mol. The smallest absolute Gasteiger partial charge is 0.349 e. The highest BCUT2D eigenvalue weighted by Crippen LogP contribution is 2.49. The van der Waals surface area contributed by atoms with E-state index in [0.717, 1.165) is 5.56 Å². The lowest BCUT2D eigenvalue weighted by Gasteiger charge is -2.19. The van der Waals surface area contributed by atoms with Crippen molar-refractivity contribution in [1.82, 2.24) is 9.55 Å². The molecule has 0 bridgehead atoms. The molecule has 2 aromatic heterocycles. The van der Waals surface area contributed by atoms with Gasteiger partial charge >= 0.3 is 5.97 Å². The molecule has 0 aliphatic carbocycles. The van der Waals surface area contributed by atoms with Gasteiger partial charge in [-0.05, 0) is 17.0 Å². The number of esters is 1. The van der Waals surface area contributed by atoms with Gasteiger partial charge in [0.05, 0.1) is 38.0 Å². The van der Waals surface area contributed by atoms with Crippen LogP contribution in [-0.2, 0) is 11.3 Å². The number of hydrogen-bond acceptors (Lipinski definition) is 4. The maximum atomic E-state index is 13.3. The summed E-state index contributed by atoms with van der Waals surface area (Å²) in [6.45, 7) is 0.399. The van der Waals surface area contributed by atoms with Crippen molar-refractivity contribution in [2.45, 2.75) is 12.6 Å². The Kier molecular flexibility index (Phi) is 7.35. The minimum Gasteiger partial charge on any atom is -0.451 e. The van der Waals surface area contributed by atoms with E-state index in [1.165, 1.54) is 11.3 Å². The highest BCUT2D eigenvalue weighted by Gasteiger charge is 2.27. The van der Waals surface area contributed by atoms with Gasteiger partial charge in [-0.25, -0.2) is 9.78 Å². The number of aromatic nitrogens is 2. The van der Waals surface area contributed by atoms with Gasteiger partial charge in [-0.2, -0.15) is 0 Å². The molecule has 4 aromatic rings. The Balaban J connectivity index is 1.70. The Morgan fingerprint density at radius 2 is 1.62 bits per heavy atom. The summed E-state index contributed by atoms with van der Waals surface area (Å²) in [4.78, 5) is 17.6. The summed E-state index contributed by atoms with van der Waals surface area (Å²) in [6.07, 6.45) is 4.59. The van der Waals surface area contributed by atoms with Gasteiger partial charge in [-0.15, -0.1) is 11.3 Å². The molecule has 0 aliphatic heterocycles. The van der Waals surface area contributed by atoms with Crippen LogP contribution in [0, 0.1) is 0 Å². The molecule has 1 atom stereocenters. The van der Waals surface area contributed by atoms with Crippen molar-refractivity contribution >= 4 is 75.3 Å². The molecular formula is C22H13Cl5N2O2S. The monoisotopic (exact) mass is 544 g/mol. The normalized spacial score (nSPS) is 12.0. The Labute approximate surface area is 213 Å². The van der Waals surface area contributed by atoms with Crippen LogP contribution in [0.2, 0.25) is 25.1 Å². The van der Waals surface area contributed by atoms with Crippen LogP contribution in [0.15, 0.2) is 60.5 Å². The van der Waals surface area contributed by atoms with E-state index >= 15 is 0 Å². The molecule has 0 spiro atoms. The zero-order valence-electron chi connectivity index (χ0n) is 16.1. The molecule has 0 saturated heterocycles. The Morgan fingerprint density at radius 1 is 0.969 bits per heavy atom. The van der Waals surface area contributed by atoms with Gasteiger partial charge in [0.2, 0.25) is 0 Å². The second-order valence-corrected chi connectivity index (χ2v) is 9.48. The lowest BCUT2D eigenvalue weighted by atomic mass is 10.1. The average Bonchev–Trinajstić information content (AvgIpc) is 3.49. The van der Waals surface area contributed by atoms with Crippen LogP contribution in [0.3, 0.4) is 0 Å². The molecule has 1 unspecified atom stereocenters. The van der Waals surface area contributed by atoms with E-state index in [9.17, 15) is 4.79 Å². The number of benzene rings is 2. The maximum Gasteiger partial charge on any atom is 0.349 e. The molecule has 0 fully saturated rings. The van der Waals surface area contributed by atoms with Crippen LogP contribution in [0.1, 0.15) is 21.3 Å². The number of hydrogen-bond donors (Lipinski definition) is 0. The molecule has 10 heteroatoms. The van der Waals surface area contributed by atoms with Crippen molar-refractivity contribution < 1.29 is 9.53 Å². The van der Waals surface area contributed by atoms with Gasteiger partial charge in [0.1, 0.15) is 11.0 Å². The van der Waals surface area contributed by atoms with Crippen LogP contribution in [0.25, 0.3) is 11.1 Å². The lowest BCUT2D eigenvalue weighted by Crippen LogP contribution is -2.16. The van der Waals surface area contributed by atoms with Crippen LogP contribution in [-0.4, -0.2) is 15.5 Å². The first-order chi connectivity index (χ1) is 15.4. The summed E-state index contributed by atoms with van der Waals surface area (Å²) >= 11 is 32.6. The molecule has 0 amide bonds. The molecule has 0 radical (unpaired) electrons. The van der Waals surface area contributed by atoms with Gasteiger partial charge in [0, 0.05) is 23.5 Å². The van der Waals surface area contributed by atoms with Gasteiger partial charge < -0.3 is 9.30 Å². The third-order valence-electron chi connectivity index (χ3n) is 4.69. The lowest BCUT2D eigenvalue weighted by molar-refractivity contribution is 0.0262. The minimum atomic E-state index is -0.545. The number of carbonyl (C=O) groups excluding carboxylic acids is 1.